The normalized spacial score (nSPS) is 12.3. The van der Waals surface area contributed by atoms with Crippen LogP contribution in [-0.4, -0.2) is 23.0 Å². The molecule has 132 valence electrons. The average molecular weight is 335 g/mol. The second kappa shape index (κ2) is 8.47. The molecule has 1 atom stereocenters. The van der Waals surface area contributed by atoms with E-state index in [0.717, 1.165) is 5.56 Å². The van der Waals surface area contributed by atoms with Gasteiger partial charge in [-0.3, -0.25) is 4.79 Å². The second-order valence-corrected chi connectivity index (χ2v) is 7.02. The quantitative estimate of drug-likeness (QED) is 0.780. The number of hydrogen-bond donors (Lipinski definition) is 2. The monoisotopic (exact) mass is 335 g/mol. The molecule has 0 saturated carbocycles. The summed E-state index contributed by atoms with van der Waals surface area (Å²) in [6.45, 7) is 7.10. The minimum Gasteiger partial charge on any atom is -0.478 e. The van der Waals surface area contributed by atoms with E-state index in [1.54, 1.807) is 39.0 Å². The number of hydrogen-bond acceptors (Lipinski definition) is 4. The number of carbonyl (C=O) groups excluding carboxylic acids is 2. The lowest BCUT2D eigenvalue weighted by atomic mass is 9.95. The van der Waals surface area contributed by atoms with Crippen LogP contribution in [0.4, 0.5) is 0 Å². The van der Waals surface area contributed by atoms with E-state index in [4.69, 9.17) is 9.94 Å². The lowest BCUT2D eigenvalue weighted by Gasteiger charge is -2.16. The zero-order valence-corrected chi connectivity index (χ0v) is 14.6. The minimum atomic E-state index is -0.954. The largest absolute Gasteiger partial charge is 0.478 e. The Bertz CT molecular complexity index is 604. The van der Waals surface area contributed by atoms with Crippen LogP contribution >= 0.6 is 0 Å². The van der Waals surface area contributed by atoms with E-state index >= 15 is 0 Å². The number of carboxylic acid groups (broad SMARTS) is 1. The molecule has 0 heterocycles. The van der Waals surface area contributed by atoms with Gasteiger partial charge in [0, 0.05) is 6.42 Å². The van der Waals surface area contributed by atoms with E-state index < -0.39 is 17.4 Å². The molecule has 1 rings (SSSR count). The first-order valence-corrected chi connectivity index (χ1v) is 7.92. The highest BCUT2D eigenvalue weighted by Crippen LogP contribution is 2.16. The number of aromatic carboxylic acids is 1. The third kappa shape index (κ3) is 6.81. The maximum Gasteiger partial charge on any atom is 0.337 e. The van der Waals surface area contributed by atoms with Crippen LogP contribution in [0.25, 0.3) is 0 Å². The number of benzene rings is 1. The van der Waals surface area contributed by atoms with Gasteiger partial charge in [-0.1, -0.05) is 19.1 Å². The molecule has 0 saturated heterocycles. The molecule has 0 aliphatic heterocycles. The Hall–Kier alpha value is -2.37. The summed E-state index contributed by atoms with van der Waals surface area (Å²) in [4.78, 5) is 39.0. The zero-order valence-electron chi connectivity index (χ0n) is 14.6. The molecule has 1 aromatic rings. The fourth-order valence-corrected chi connectivity index (χ4v) is 2.02. The first-order valence-electron chi connectivity index (χ1n) is 7.92. The van der Waals surface area contributed by atoms with Crippen LogP contribution in [-0.2, 0) is 20.8 Å². The lowest BCUT2D eigenvalue weighted by molar-refractivity contribution is -0.166. The zero-order chi connectivity index (χ0) is 18.3. The van der Waals surface area contributed by atoms with Crippen LogP contribution in [0, 0.1) is 11.3 Å². The van der Waals surface area contributed by atoms with Crippen LogP contribution in [0.2, 0.25) is 0 Å². The maximum atomic E-state index is 11.7. The predicted molar refractivity (Wildman–Crippen MR) is 89.2 cm³/mol. The number of rotatable bonds is 6. The molecule has 0 aromatic heterocycles. The Kier molecular flexibility index (Phi) is 6.95. The van der Waals surface area contributed by atoms with Gasteiger partial charge >= 0.3 is 11.9 Å². The van der Waals surface area contributed by atoms with Crippen molar-refractivity contribution in [2.75, 3.05) is 0 Å². The summed E-state index contributed by atoms with van der Waals surface area (Å²) >= 11 is 0. The topological polar surface area (TPSA) is 92.7 Å². The molecule has 6 nitrogen and oxygen atoms in total. The van der Waals surface area contributed by atoms with Gasteiger partial charge in [-0.25, -0.2) is 9.59 Å². The van der Waals surface area contributed by atoms with Gasteiger partial charge in [0.05, 0.1) is 11.0 Å². The fraction of sp³-hybridized carbons (Fsp3) is 0.500. The molecule has 1 amide bonds. The van der Waals surface area contributed by atoms with E-state index in [0.29, 0.717) is 12.8 Å². The van der Waals surface area contributed by atoms with Crippen molar-refractivity contribution < 1.29 is 24.3 Å². The van der Waals surface area contributed by atoms with Gasteiger partial charge in [0.15, 0.2) is 0 Å². The van der Waals surface area contributed by atoms with Crippen molar-refractivity contribution >= 4 is 17.8 Å². The first-order chi connectivity index (χ1) is 11.1. The SMILES string of the molecule is CC(CCC(=O)NOC(=O)C(C)(C)C)Cc1cccc(C(=O)O)c1. The smallest absolute Gasteiger partial charge is 0.337 e. The summed E-state index contributed by atoms with van der Waals surface area (Å²) < 4.78 is 0. The van der Waals surface area contributed by atoms with Crippen molar-refractivity contribution in [2.45, 2.75) is 47.0 Å². The van der Waals surface area contributed by atoms with E-state index in [2.05, 4.69) is 5.48 Å². The third-order valence-electron chi connectivity index (χ3n) is 3.49. The summed E-state index contributed by atoms with van der Waals surface area (Å²) in [6, 6.07) is 6.77. The molecule has 6 heteroatoms. The van der Waals surface area contributed by atoms with Crippen LogP contribution in [0.1, 0.15) is 56.5 Å². The molecule has 1 unspecified atom stereocenters. The summed E-state index contributed by atoms with van der Waals surface area (Å²) in [7, 11) is 0. The van der Waals surface area contributed by atoms with Crippen molar-refractivity contribution in [2.24, 2.45) is 11.3 Å². The molecule has 24 heavy (non-hydrogen) atoms. The van der Waals surface area contributed by atoms with E-state index in [1.165, 1.54) is 0 Å². The summed E-state index contributed by atoms with van der Waals surface area (Å²) in [5.41, 5.74) is 2.67. The molecule has 0 aliphatic rings. The van der Waals surface area contributed by atoms with Gasteiger partial charge in [0.1, 0.15) is 0 Å². The van der Waals surface area contributed by atoms with E-state index in [1.807, 2.05) is 13.0 Å². The molecular formula is C18H25NO5. The molecule has 0 bridgehead atoms. The Labute approximate surface area is 142 Å². The molecule has 0 spiro atoms. The average Bonchev–Trinajstić information content (AvgIpc) is 2.49. The Morgan fingerprint density at radius 2 is 1.92 bits per heavy atom. The Morgan fingerprint density at radius 1 is 1.25 bits per heavy atom. The van der Waals surface area contributed by atoms with Gasteiger partial charge in [-0.15, -0.1) is 0 Å². The lowest BCUT2D eigenvalue weighted by Crippen LogP contribution is -2.33. The number of nitrogens with one attached hydrogen (secondary N) is 1. The van der Waals surface area contributed by atoms with E-state index in [9.17, 15) is 14.4 Å². The number of carboxylic acids is 1. The molecule has 0 fully saturated rings. The van der Waals surface area contributed by atoms with Crippen LogP contribution in [0.3, 0.4) is 0 Å². The van der Waals surface area contributed by atoms with Gasteiger partial charge in [0.2, 0.25) is 0 Å². The predicted octanol–water partition coefficient (Wildman–Crippen LogP) is 2.96. The molecule has 0 aliphatic carbocycles. The number of hydroxylamine groups is 1. The second-order valence-electron chi connectivity index (χ2n) is 7.02. The molecular weight excluding hydrogens is 310 g/mol. The first kappa shape index (κ1) is 19.7. The molecule has 1 aromatic carbocycles. The number of carbonyl (C=O) groups is 3. The maximum absolute atomic E-state index is 11.7. The van der Waals surface area contributed by atoms with Gasteiger partial charge < -0.3 is 9.94 Å². The van der Waals surface area contributed by atoms with Gasteiger partial charge in [-0.05, 0) is 57.2 Å². The Balaban J connectivity index is 2.39. The van der Waals surface area contributed by atoms with Crippen molar-refractivity contribution in [3.63, 3.8) is 0 Å². The highest BCUT2D eigenvalue weighted by molar-refractivity contribution is 5.87. The summed E-state index contributed by atoms with van der Waals surface area (Å²) in [5.74, 6) is -1.60. The van der Waals surface area contributed by atoms with Crippen molar-refractivity contribution in [1.82, 2.24) is 5.48 Å². The molecule has 0 radical (unpaired) electrons. The van der Waals surface area contributed by atoms with Crippen LogP contribution in [0.5, 0.6) is 0 Å². The molecule has 2 N–H and O–H groups in total. The van der Waals surface area contributed by atoms with Crippen LogP contribution < -0.4 is 5.48 Å². The third-order valence-corrected chi connectivity index (χ3v) is 3.49. The number of amides is 1. The van der Waals surface area contributed by atoms with Crippen molar-refractivity contribution in [3.05, 3.63) is 35.4 Å². The van der Waals surface area contributed by atoms with Crippen molar-refractivity contribution in [1.29, 1.82) is 0 Å². The summed E-state index contributed by atoms with van der Waals surface area (Å²) in [6.07, 6.45) is 1.52. The van der Waals surface area contributed by atoms with E-state index in [-0.39, 0.29) is 23.8 Å². The van der Waals surface area contributed by atoms with Gasteiger partial charge in [-0.2, -0.15) is 5.48 Å². The van der Waals surface area contributed by atoms with Crippen molar-refractivity contribution in [3.8, 4) is 0 Å². The Morgan fingerprint density at radius 3 is 2.50 bits per heavy atom. The highest BCUT2D eigenvalue weighted by atomic mass is 16.7. The van der Waals surface area contributed by atoms with Crippen LogP contribution in [0.15, 0.2) is 24.3 Å². The highest BCUT2D eigenvalue weighted by Gasteiger charge is 2.24. The minimum absolute atomic E-state index is 0.193. The van der Waals surface area contributed by atoms with Gasteiger partial charge in [0.25, 0.3) is 5.91 Å². The fourth-order valence-electron chi connectivity index (χ4n) is 2.02. The summed E-state index contributed by atoms with van der Waals surface area (Å²) in [5, 5.41) is 8.99. The standard InChI is InChI=1S/C18H25NO5/c1-12(10-13-6-5-7-14(11-13)16(21)22)8-9-15(20)19-24-17(23)18(2,3)4/h5-7,11-12H,8-10H2,1-4H3,(H,19,20)(H,21,22).